The second-order valence-electron chi connectivity index (χ2n) is 6.51. The van der Waals surface area contributed by atoms with Crippen LogP contribution < -0.4 is 5.32 Å². The first kappa shape index (κ1) is 16.5. The van der Waals surface area contributed by atoms with Crippen molar-refractivity contribution in [2.45, 2.75) is 45.3 Å². The third-order valence-corrected chi connectivity index (χ3v) is 3.38. The Morgan fingerprint density at radius 1 is 1.32 bits per heavy atom. The molecule has 1 atom stereocenters. The van der Waals surface area contributed by atoms with Gasteiger partial charge in [-0.3, -0.25) is 0 Å². The van der Waals surface area contributed by atoms with Crippen LogP contribution in [0.25, 0.3) is 0 Å². The molecule has 6 heteroatoms. The van der Waals surface area contributed by atoms with Gasteiger partial charge in [0, 0.05) is 19.1 Å². The largest absolute Gasteiger partial charge is 0.444 e. The van der Waals surface area contributed by atoms with Crippen LogP contribution in [0.5, 0.6) is 0 Å². The van der Waals surface area contributed by atoms with Gasteiger partial charge in [-0.05, 0) is 45.7 Å². The Kier molecular flexibility index (Phi) is 4.88. The summed E-state index contributed by atoms with van der Waals surface area (Å²) in [6.07, 6.45) is 1.10. The van der Waals surface area contributed by atoms with Crippen LogP contribution in [0.15, 0.2) is 18.2 Å². The van der Waals surface area contributed by atoms with Crippen molar-refractivity contribution in [1.82, 2.24) is 4.90 Å². The Morgan fingerprint density at radius 2 is 1.95 bits per heavy atom. The highest BCUT2D eigenvalue weighted by atomic mass is 19.1. The molecule has 1 aliphatic rings. The first-order valence-electron chi connectivity index (χ1n) is 7.45. The van der Waals surface area contributed by atoms with E-state index in [4.69, 9.17) is 4.74 Å². The van der Waals surface area contributed by atoms with E-state index < -0.39 is 23.3 Å². The Bertz CT molecular complexity index is 523. The van der Waals surface area contributed by atoms with Crippen molar-refractivity contribution in [2.24, 2.45) is 0 Å². The van der Waals surface area contributed by atoms with Gasteiger partial charge in [-0.2, -0.15) is 0 Å². The monoisotopic (exact) mass is 312 g/mol. The number of nitrogens with one attached hydrogen (secondary N) is 1. The third-order valence-electron chi connectivity index (χ3n) is 3.38. The number of piperidine rings is 1. The lowest BCUT2D eigenvalue weighted by Crippen LogP contribution is -2.47. The van der Waals surface area contributed by atoms with Gasteiger partial charge in [0.1, 0.15) is 22.9 Å². The van der Waals surface area contributed by atoms with E-state index in [-0.39, 0.29) is 11.7 Å². The normalized spacial score (nSPS) is 19.0. The van der Waals surface area contributed by atoms with Crippen molar-refractivity contribution in [1.29, 1.82) is 0 Å². The lowest BCUT2D eigenvalue weighted by molar-refractivity contribution is 0.0206. The predicted octanol–water partition coefficient (Wildman–Crippen LogP) is 3.78. The van der Waals surface area contributed by atoms with Gasteiger partial charge in [0.15, 0.2) is 0 Å². The van der Waals surface area contributed by atoms with Crippen LogP contribution in [-0.4, -0.2) is 35.7 Å². The fraction of sp³-hybridized carbons (Fsp3) is 0.562. The number of anilines is 1. The van der Waals surface area contributed by atoms with Gasteiger partial charge in [-0.15, -0.1) is 0 Å². The summed E-state index contributed by atoms with van der Waals surface area (Å²) in [5.74, 6) is -1.26. The summed E-state index contributed by atoms with van der Waals surface area (Å²) in [6.45, 7) is 6.37. The lowest BCUT2D eigenvalue weighted by atomic mass is 10.1. The molecule has 0 aromatic heterocycles. The van der Waals surface area contributed by atoms with Crippen LogP contribution >= 0.6 is 0 Å². The highest BCUT2D eigenvalue weighted by Crippen LogP contribution is 2.22. The Morgan fingerprint density at radius 3 is 2.55 bits per heavy atom. The van der Waals surface area contributed by atoms with Crippen LogP contribution in [0.4, 0.5) is 19.3 Å². The number of para-hydroxylation sites is 1. The number of carbonyl (C=O) groups is 1. The molecule has 1 aliphatic heterocycles. The SMILES string of the molecule is CC(C)(C)OC(=O)N1CCCC(Nc2c(F)cccc2F)C1. The maximum Gasteiger partial charge on any atom is 0.410 e. The number of nitrogens with zero attached hydrogens (tertiary/aromatic N) is 1. The second kappa shape index (κ2) is 6.50. The third kappa shape index (κ3) is 4.32. The Hall–Kier alpha value is -1.85. The molecule has 0 saturated carbocycles. The predicted molar refractivity (Wildman–Crippen MR) is 80.8 cm³/mol. The van der Waals surface area contributed by atoms with E-state index >= 15 is 0 Å². The molecule has 1 N–H and O–H groups in total. The van der Waals surface area contributed by atoms with Crippen molar-refractivity contribution < 1.29 is 18.3 Å². The summed E-state index contributed by atoms with van der Waals surface area (Å²) in [5.41, 5.74) is -0.701. The highest BCUT2D eigenvalue weighted by Gasteiger charge is 2.28. The van der Waals surface area contributed by atoms with Crippen LogP contribution in [-0.2, 0) is 4.74 Å². The van der Waals surface area contributed by atoms with Crippen molar-refractivity contribution in [3.05, 3.63) is 29.8 Å². The first-order valence-corrected chi connectivity index (χ1v) is 7.45. The van der Waals surface area contributed by atoms with Gasteiger partial charge >= 0.3 is 6.09 Å². The lowest BCUT2D eigenvalue weighted by Gasteiger charge is -2.34. The number of ether oxygens (including phenoxy) is 1. The zero-order valence-corrected chi connectivity index (χ0v) is 13.2. The van der Waals surface area contributed by atoms with E-state index in [0.717, 1.165) is 12.8 Å². The zero-order chi connectivity index (χ0) is 16.3. The van der Waals surface area contributed by atoms with Gasteiger partial charge in [0.05, 0.1) is 0 Å². The molecule has 0 spiro atoms. The second-order valence-corrected chi connectivity index (χ2v) is 6.51. The van der Waals surface area contributed by atoms with Crippen molar-refractivity contribution in [2.75, 3.05) is 18.4 Å². The van der Waals surface area contributed by atoms with Gasteiger partial charge in [0.2, 0.25) is 0 Å². The summed E-state index contributed by atoms with van der Waals surface area (Å²) >= 11 is 0. The molecule has 1 fully saturated rings. The Balaban J connectivity index is 2.00. The summed E-state index contributed by atoms with van der Waals surface area (Å²) < 4.78 is 32.7. The highest BCUT2D eigenvalue weighted by molar-refractivity contribution is 5.68. The molecule has 0 bridgehead atoms. The molecule has 0 radical (unpaired) electrons. The number of amides is 1. The van der Waals surface area contributed by atoms with E-state index in [1.54, 1.807) is 25.7 Å². The number of carbonyl (C=O) groups excluding carboxylic acids is 1. The minimum Gasteiger partial charge on any atom is -0.444 e. The van der Waals surface area contributed by atoms with Crippen LogP contribution in [0.2, 0.25) is 0 Å². The number of hydrogen-bond donors (Lipinski definition) is 1. The summed E-state index contributed by atoms with van der Waals surface area (Å²) in [7, 11) is 0. The molecular formula is C16H22F2N2O2. The van der Waals surface area contributed by atoms with Gasteiger partial charge in [-0.1, -0.05) is 6.07 Å². The molecule has 4 nitrogen and oxygen atoms in total. The topological polar surface area (TPSA) is 41.6 Å². The molecule has 22 heavy (non-hydrogen) atoms. The quantitative estimate of drug-likeness (QED) is 0.903. The van der Waals surface area contributed by atoms with Crippen molar-refractivity contribution in [3.63, 3.8) is 0 Å². The minimum absolute atomic E-state index is 0.140. The van der Waals surface area contributed by atoms with E-state index in [0.29, 0.717) is 13.1 Å². The molecule has 1 heterocycles. The molecule has 1 unspecified atom stereocenters. The minimum atomic E-state index is -0.630. The molecule has 1 amide bonds. The zero-order valence-electron chi connectivity index (χ0n) is 13.2. The standard InChI is InChI=1S/C16H22F2N2O2/c1-16(2,3)22-15(21)20-9-5-6-11(10-20)19-14-12(17)7-4-8-13(14)18/h4,7-8,11,19H,5-6,9-10H2,1-3H3. The fourth-order valence-electron chi connectivity index (χ4n) is 2.43. The van der Waals surface area contributed by atoms with Crippen LogP contribution in [0.1, 0.15) is 33.6 Å². The van der Waals surface area contributed by atoms with E-state index in [1.807, 2.05) is 0 Å². The van der Waals surface area contributed by atoms with Gasteiger partial charge < -0.3 is 15.0 Å². The smallest absolute Gasteiger partial charge is 0.410 e. The molecule has 1 aromatic carbocycles. The fourth-order valence-corrected chi connectivity index (χ4v) is 2.43. The van der Waals surface area contributed by atoms with E-state index in [9.17, 15) is 13.6 Å². The number of hydrogen-bond acceptors (Lipinski definition) is 3. The van der Waals surface area contributed by atoms with E-state index in [2.05, 4.69) is 5.32 Å². The molecular weight excluding hydrogens is 290 g/mol. The molecule has 1 aromatic rings. The Labute approximate surface area is 129 Å². The van der Waals surface area contributed by atoms with Crippen LogP contribution in [0.3, 0.4) is 0 Å². The molecule has 0 aliphatic carbocycles. The average molecular weight is 312 g/mol. The summed E-state index contributed by atoms with van der Waals surface area (Å²) in [4.78, 5) is 13.6. The maximum absolute atomic E-state index is 13.7. The molecule has 1 saturated heterocycles. The summed E-state index contributed by atoms with van der Waals surface area (Å²) in [6, 6.07) is 3.54. The van der Waals surface area contributed by atoms with Crippen molar-refractivity contribution in [3.8, 4) is 0 Å². The number of benzene rings is 1. The van der Waals surface area contributed by atoms with Crippen molar-refractivity contribution >= 4 is 11.8 Å². The molecule has 122 valence electrons. The summed E-state index contributed by atoms with van der Waals surface area (Å²) in [5, 5.41) is 2.87. The van der Waals surface area contributed by atoms with Crippen LogP contribution in [0, 0.1) is 11.6 Å². The number of halogens is 2. The number of likely N-dealkylation sites (tertiary alicyclic amines) is 1. The average Bonchev–Trinajstić information content (AvgIpc) is 2.41. The maximum atomic E-state index is 13.7. The van der Waals surface area contributed by atoms with E-state index in [1.165, 1.54) is 18.2 Å². The number of rotatable bonds is 2. The molecule has 2 rings (SSSR count). The van der Waals surface area contributed by atoms with Gasteiger partial charge in [0.25, 0.3) is 0 Å². The van der Waals surface area contributed by atoms with Gasteiger partial charge in [-0.25, -0.2) is 13.6 Å². The first-order chi connectivity index (χ1) is 10.3.